The molecule has 3 aromatic rings. The number of H-pyrrole nitrogens is 1. The van der Waals surface area contributed by atoms with E-state index in [9.17, 15) is 9.50 Å². The Labute approximate surface area is 157 Å². The molecule has 1 aromatic carbocycles. The van der Waals surface area contributed by atoms with Crippen LogP contribution in [0.4, 0.5) is 10.2 Å². The number of rotatable bonds is 6. The first-order chi connectivity index (χ1) is 13.3. The molecule has 6 heteroatoms. The Bertz CT molecular complexity index is 886. The zero-order valence-corrected chi connectivity index (χ0v) is 15.2. The van der Waals surface area contributed by atoms with E-state index >= 15 is 0 Å². The Morgan fingerprint density at radius 2 is 2.04 bits per heavy atom. The lowest BCUT2D eigenvalue weighted by Gasteiger charge is -2.31. The van der Waals surface area contributed by atoms with Crippen molar-refractivity contribution in [3.63, 3.8) is 0 Å². The molecule has 0 unspecified atom stereocenters. The first-order valence-electron chi connectivity index (χ1n) is 9.40. The Balaban J connectivity index is 1.50. The fourth-order valence-electron chi connectivity index (χ4n) is 3.59. The van der Waals surface area contributed by atoms with Gasteiger partial charge in [-0.3, -0.25) is 0 Å². The van der Waals surface area contributed by atoms with E-state index in [4.69, 9.17) is 4.74 Å². The standard InChI is InChI=1S/C21H24FN3O2/c22-7-10-27-18-2-3-19-17(11-18)12-20(24-19)16-1-4-21(23-13-16)25-8-5-15(14-26)6-9-25/h1-4,11-13,15,24,26H,5-10,14H2. The van der Waals surface area contributed by atoms with Gasteiger partial charge in [0.25, 0.3) is 0 Å². The fraction of sp³-hybridized carbons (Fsp3) is 0.381. The largest absolute Gasteiger partial charge is 0.491 e. The van der Waals surface area contributed by atoms with Crippen LogP contribution in [0.1, 0.15) is 12.8 Å². The van der Waals surface area contributed by atoms with E-state index in [1.807, 2.05) is 24.4 Å². The van der Waals surface area contributed by atoms with Crippen LogP contribution in [0.5, 0.6) is 5.75 Å². The van der Waals surface area contributed by atoms with Gasteiger partial charge in [-0.1, -0.05) is 0 Å². The number of pyridine rings is 1. The summed E-state index contributed by atoms with van der Waals surface area (Å²) >= 11 is 0. The summed E-state index contributed by atoms with van der Waals surface area (Å²) < 4.78 is 17.6. The second-order valence-electron chi connectivity index (χ2n) is 6.99. The maximum absolute atomic E-state index is 12.3. The summed E-state index contributed by atoms with van der Waals surface area (Å²) in [5.41, 5.74) is 3.02. The van der Waals surface area contributed by atoms with E-state index in [1.165, 1.54) is 0 Å². The molecule has 0 atom stereocenters. The Morgan fingerprint density at radius 1 is 1.19 bits per heavy atom. The number of aliphatic hydroxyl groups is 1. The number of hydrogen-bond donors (Lipinski definition) is 2. The second-order valence-corrected chi connectivity index (χ2v) is 6.99. The van der Waals surface area contributed by atoms with E-state index in [0.29, 0.717) is 11.7 Å². The van der Waals surface area contributed by atoms with E-state index < -0.39 is 6.67 Å². The lowest BCUT2D eigenvalue weighted by molar-refractivity contribution is 0.203. The molecule has 1 aliphatic heterocycles. The molecular formula is C21H24FN3O2. The Morgan fingerprint density at radius 3 is 2.74 bits per heavy atom. The highest BCUT2D eigenvalue weighted by atomic mass is 19.1. The Hall–Kier alpha value is -2.60. The average molecular weight is 369 g/mol. The first-order valence-corrected chi connectivity index (χ1v) is 9.40. The van der Waals surface area contributed by atoms with Crippen molar-refractivity contribution in [2.24, 2.45) is 5.92 Å². The molecule has 1 aliphatic rings. The van der Waals surface area contributed by atoms with Gasteiger partial charge in [0.2, 0.25) is 0 Å². The van der Waals surface area contributed by atoms with Crippen LogP contribution < -0.4 is 9.64 Å². The van der Waals surface area contributed by atoms with Crippen LogP contribution in [0.2, 0.25) is 0 Å². The van der Waals surface area contributed by atoms with Gasteiger partial charge in [0.1, 0.15) is 24.8 Å². The molecule has 0 radical (unpaired) electrons. The van der Waals surface area contributed by atoms with Gasteiger partial charge in [0.05, 0.1) is 0 Å². The number of aromatic nitrogens is 2. The summed E-state index contributed by atoms with van der Waals surface area (Å²) in [6.07, 6.45) is 3.90. The third kappa shape index (κ3) is 3.90. The number of fused-ring (bicyclic) bond motifs is 1. The van der Waals surface area contributed by atoms with Crippen LogP contribution in [0.25, 0.3) is 22.2 Å². The molecule has 5 nitrogen and oxygen atoms in total. The third-order valence-corrected chi connectivity index (χ3v) is 5.19. The number of nitrogens with one attached hydrogen (secondary N) is 1. The molecule has 0 aliphatic carbocycles. The molecule has 27 heavy (non-hydrogen) atoms. The minimum atomic E-state index is -0.494. The molecule has 1 saturated heterocycles. The van der Waals surface area contributed by atoms with Crippen molar-refractivity contribution in [3.8, 4) is 17.0 Å². The minimum absolute atomic E-state index is 0.0731. The number of ether oxygens (including phenoxy) is 1. The highest BCUT2D eigenvalue weighted by Crippen LogP contribution is 2.28. The van der Waals surface area contributed by atoms with Gasteiger partial charge in [-0.25, -0.2) is 9.37 Å². The number of hydrogen-bond acceptors (Lipinski definition) is 4. The molecule has 0 saturated carbocycles. The molecule has 0 amide bonds. The lowest BCUT2D eigenvalue weighted by atomic mass is 9.98. The van der Waals surface area contributed by atoms with E-state index in [2.05, 4.69) is 33.1 Å². The van der Waals surface area contributed by atoms with E-state index in [0.717, 1.165) is 53.9 Å². The number of aromatic amines is 1. The Kier molecular flexibility index (Phi) is 5.25. The van der Waals surface area contributed by atoms with Gasteiger partial charge in [-0.2, -0.15) is 0 Å². The summed E-state index contributed by atoms with van der Waals surface area (Å²) in [6.45, 7) is 1.73. The van der Waals surface area contributed by atoms with Crippen molar-refractivity contribution in [1.29, 1.82) is 0 Å². The monoisotopic (exact) mass is 369 g/mol. The predicted molar refractivity (Wildman–Crippen MR) is 105 cm³/mol. The van der Waals surface area contributed by atoms with Gasteiger partial charge in [0.15, 0.2) is 0 Å². The van der Waals surface area contributed by atoms with Crippen LogP contribution in [0.15, 0.2) is 42.6 Å². The van der Waals surface area contributed by atoms with Gasteiger partial charge in [-0.05, 0) is 55.2 Å². The molecule has 0 bridgehead atoms. The quantitative estimate of drug-likeness (QED) is 0.694. The van der Waals surface area contributed by atoms with E-state index in [-0.39, 0.29) is 13.2 Å². The number of halogens is 1. The summed E-state index contributed by atoms with van der Waals surface area (Å²) in [5, 5.41) is 10.3. The number of benzene rings is 1. The zero-order valence-electron chi connectivity index (χ0n) is 15.2. The second kappa shape index (κ2) is 7.96. The number of anilines is 1. The number of alkyl halides is 1. The molecule has 0 spiro atoms. The van der Waals surface area contributed by atoms with Crippen molar-refractivity contribution in [2.45, 2.75) is 12.8 Å². The van der Waals surface area contributed by atoms with Crippen molar-refractivity contribution in [3.05, 3.63) is 42.6 Å². The zero-order chi connectivity index (χ0) is 18.6. The summed E-state index contributed by atoms with van der Waals surface area (Å²) in [7, 11) is 0. The van der Waals surface area contributed by atoms with Crippen LogP contribution in [0, 0.1) is 5.92 Å². The third-order valence-electron chi connectivity index (χ3n) is 5.19. The summed E-state index contributed by atoms with van der Waals surface area (Å²) in [6, 6.07) is 11.9. The maximum atomic E-state index is 12.3. The fourth-order valence-corrected chi connectivity index (χ4v) is 3.59. The highest BCUT2D eigenvalue weighted by Gasteiger charge is 2.19. The average Bonchev–Trinajstić information content (AvgIpc) is 3.16. The topological polar surface area (TPSA) is 61.4 Å². The first kappa shape index (κ1) is 17.8. The number of piperidine rings is 1. The molecule has 142 valence electrons. The van der Waals surface area contributed by atoms with Crippen LogP contribution in [0.3, 0.4) is 0 Å². The summed E-state index contributed by atoms with van der Waals surface area (Å²) in [5.74, 6) is 2.07. The highest BCUT2D eigenvalue weighted by molar-refractivity contribution is 5.87. The molecule has 1 fully saturated rings. The lowest BCUT2D eigenvalue weighted by Crippen LogP contribution is -2.35. The van der Waals surface area contributed by atoms with Crippen molar-refractivity contribution in [2.75, 3.05) is 37.9 Å². The normalized spacial score (nSPS) is 15.4. The molecule has 2 aromatic heterocycles. The summed E-state index contributed by atoms with van der Waals surface area (Å²) in [4.78, 5) is 10.3. The van der Waals surface area contributed by atoms with Crippen molar-refractivity contribution < 1.29 is 14.2 Å². The van der Waals surface area contributed by atoms with Gasteiger partial charge in [0, 0.05) is 48.1 Å². The van der Waals surface area contributed by atoms with Crippen molar-refractivity contribution >= 4 is 16.7 Å². The SMILES string of the molecule is OCC1CCN(c2ccc(-c3cc4cc(OCCF)ccc4[nH]3)cn2)CC1. The smallest absolute Gasteiger partial charge is 0.128 e. The number of nitrogens with zero attached hydrogens (tertiary/aromatic N) is 2. The van der Waals surface area contributed by atoms with Gasteiger partial charge < -0.3 is 19.7 Å². The van der Waals surface area contributed by atoms with Crippen molar-refractivity contribution in [1.82, 2.24) is 9.97 Å². The minimum Gasteiger partial charge on any atom is -0.491 e. The van der Waals surface area contributed by atoms with Crippen LogP contribution in [-0.2, 0) is 0 Å². The number of aliphatic hydroxyl groups excluding tert-OH is 1. The van der Waals surface area contributed by atoms with Gasteiger partial charge in [-0.15, -0.1) is 0 Å². The van der Waals surface area contributed by atoms with Crippen LogP contribution >= 0.6 is 0 Å². The predicted octanol–water partition coefficient (Wildman–Crippen LogP) is 3.79. The molecular weight excluding hydrogens is 345 g/mol. The maximum Gasteiger partial charge on any atom is 0.128 e. The molecule has 3 heterocycles. The van der Waals surface area contributed by atoms with Gasteiger partial charge >= 0.3 is 0 Å². The van der Waals surface area contributed by atoms with E-state index in [1.54, 1.807) is 0 Å². The molecule has 4 rings (SSSR count). The molecule has 2 N–H and O–H groups in total. The van der Waals surface area contributed by atoms with Crippen LogP contribution in [-0.4, -0.2) is 48.1 Å².